The third-order valence-corrected chi connectivity index (χ3v) is 1.58. The smallest absolute Gasteiger partial charge is 0.0394 e. The van der Waals surface area contributed by atoms with Gasteiger partial charge in [0.2, 0.25) is 0 Å². The summed E-state index contributed by atoms with van der Waals surface area (Å²) in [5.41, 5.74) is 1.22. The number of anilines is 1. The Labute approximate surface area is 61.5 Å². The molecule has 10 heavy (non-hydrogen) atoms. The summed E-state index contributed by atoms with van der Waals surface area (Å²) in [5.74, 6) is 0. The number of nitrogens with zero attached hydrogens (tertiary/aromatic N) is 2. The molecule has 0 unspecified atom stereocenters. The van der Waals surface area contributed by atoms with E-state index in [0.29, 0.717) is 0 Å². The molecule has 0 saturated carbocycles. The Hall–Kier alpha value is -1.05. The molecule has 1 rings (SSSR count). The van der Waals surface area contributed by atoms with Gasteiger partial charge in [0.15, 0.2) is 0 Å². The zero-order valence-electron chi connectivity index (χ0n) is 6.41. The monoisotopic (exact) mass is 136 g/mol. The van der Waals surface area contributed by atoms with Crippen molar-refractivity contribution in [2.45, 2.75) is 6.92 Å². The molecule has 0 bridgehead atoms. The zero-order valence-corrected chi connectivity index (χ0v) is 6.41. The van der Waals surface area contributed by atoms with Crippen LogP contribution in [0.4, 0.5) is 5.69 Å². The van der Waals surface area contributed by atoms with E-state index < -0.39 is 0 Å². The molecule has 0 aromatic carbocycles. The molecule has 1 aromatic heterocycles. The van der Waals surface area contributed by atoms with Gasteiger partial charge in [-0.05, 0) is 19.1 Å². The van der Waals surface area contributed by atoms with E-state index in [-0.39, 0.29) is 0 Å². The standard InChI is InChI=1S/C8H12N2/c1-3-10(2)8-4-6-9-7-5-8/h4-7H,3H2,1-2H3. The van der Waals surface area contributed by atoms with E-state index >= 15 is 0 Å². The molecule has 0 radical (unpaired) electrons. The SMILES string of the molecule is CCN(C)c1ccncc1. The maximum Gasteiger partial charge on any atom is 0.0394 e. The van der Waals surface area contributed by atoms with Crippen LogP contribution in [0, 0.1) is 0 Å². The lowest BCUT2D eigenvalue weighted by atomic mass is 10.4. The first-order valence-electron chi connectivity index (χ1n) is 3.45. The van der Waals surface area contributed by atoms with Crippen LogP contribution in [0.15, 0.2) is 24.5 Å². The van der Waals surface area contributed by atoms with E-state index in [1.54, 1.807) is 0 Å². The Kier molecular flexibility index (Phi) is 2.26. The minimum absolute atomic E-state index is 1.03. The first-order valence-corrected chi connectivity index (χ1v) is 3.45. The number of hydrogen-bond acceptors (Lipinski definition) is 2. The average Bonchev–Trinajstić information content (AvgIpc) is 2.05. The second-order valence-electron chi connectivity index (χ2n) is 2.22. The number of aromatic nitrogens is 1. The van der Waals surface area contributed by atoms with Crippen molar-refractivity contribution in [2.75, 3.05) is 18.5 Å². The minimum atomic E-state index is 1.03. The normalized spacial score (nSPS) is 9.40. The van der Waals surface area contributed by atoms with Gasteiger partial charge < -0.3 is 4.90 Å². The molecule has 0 atom stereocenters. The Bertz CT molecular complexity index is 184. The van der Waals surface area contributed by atoms with E-state index in [4.69, 9.17) is 0 Å². The molecule has 0 aliphatic rings. The van der Waals surface area contributed by atoms with Crippen LogP contribution < -0.4 is 4.90 Å². The van der Waals surface area contributed by atoms with Crippen LogP contribution in [-0.2, 0) is 0 Å². The number of hydrogen-bond donors (Lipinski definition) is 0. The van der Waals surface area contributed by atoms with Gasteiger partial charge >= 0.3 is 0 Å². The lowest BCUT2D eigenvalue weighted by molar-refractivity contribution is 0.965. The average molecular weight is 136 g/mol. The molecule has 0 amide bonds. The van der Waals surface area contributed by atoms with Crippen LogP contribution in [0.25, 0.3) is 0 Å². The Morgan fingerprint density at radius 1 is 1.40 bits per heavy atom. The highest BCUT2D eigenvalue weighted by Gasteiger charge is 1.93. The largest absolute Gasteiger partial charge is 0.375 e. The van der Waals surface area contributed by atoms with Gasteiger partial charge in [-0.3, -0.25) is 4.98 Å². The quantitative estimate of drug-likeness (QED) is 0.613. The molecule has 0 aliphatic heterocycles. The van der Waals surface area contributed by atoms with E-state index in [0.717, 1.165) is 6.54 Å². The second kappa shape index (κ2) is 3.20. The third kappa shape index (κ3) is 1.47. The fraction of sp³-hybridized carbons (Fsp3) is 0.375. The summed E-state index contributed by atoms with van der Waals surface area (Å²) >= 11 is 0. The van der Waals surface area contributed by atoms with Gasteiger partial charge in [0.1, 0.15) is 0 Å². The molecular weight excluding hydrogens is 124 g/mol. The molecule has 0 saturated heterocycles. The zero-order chi connectivity index (χ0) is 7.40. The number of pyridine rings is 1. The van der Waals surface area contributed by atoms with Gasteiger partial charge in [-0.1, -0.05) is 0 Å². The van der Waals surface area contributed by atoms with Crippen molar-refractivity contribution >= 4 is 5.69 Å². The van der Waals surface area contributed by atoms with Crippen LogP contribution in [0.1, 0.15) is 6.92 Å². The highest BCUT2D eigenvalue weighted by Crippen LogP contribution is 2.07. The van der Waals surface area contributed by atoms with Gasteiger partial charge in [-0.15, -0.1) is 0 Å². The van der Waals surface area contributed by atoms with Crippen molar-refractivity contribution in [2.24, 2.45) is 0 Å². The molecule has 0 aliphatic carbocycles. The summed E-state index contributed by atoms with van der Waals surface area (Å²) in [6.45, 7) is 3.16. The van der Waals surface area contributed by atoms with Crippen molar-refractivity contribution < 1.29 is 0 Å². The fourth-order valence-electron chi connectivity index (χ4n) is 0.781. The van der Waals surface area contributed by atoms with Gasteiger partial charge in [0, 0.05) is 31.7 Å². The molecule has 0 N–H and O–H groups in total. The van der Waals surface area contributed by atoms with Crippen LogP contribution in [0.5, 0.6) is 0 Å². The van der Waals surface area contributed by atoms with Crippen LogP contribution in [0.2, 0.25) is 0 Å². The topological polar surface area (TPSA) is 16.1 Å². The predicted molar refractivity (Wildman–Crippen MR) is 43.2 cm³/mol. The third-order valence-electron chi connectivity index (χ3n) is 1.58. The molecule has 1 heterocycles. The fourth-order valence-corrected chi connectivity index (χ4v) is 0.781. The lowest BCUT2D eigenvalue weighted by Crippen LogP contribution is -2.15. The van der Waals surface area contributed by atoms with Crippen molar-refractivity contribution in [3.63, 3.8) is 0 Å². The first kappa shape index (κ1) is 7.06. The van der Waals surface area contributed by atoms with Crippen molar-refractivity contribution in [3.05, 3.63) is 24.5 Å². The molecule has 2 nitrogen and oxygen atoms in total. The summed E-state index contributed by atoms with van der Waals surface area (Å²) in [7, 11) is 2.06. The maximum atomic E-state index is 3.94. The Morgan fingerprint density at radius 2 is 2.00 bits per heavy atom. The summed E-state index contributed by atoms with van der Waals surface area (Å²) < 4.78 is 0. The van der Waals surface area contributed by atoms with E-state index in [2.05, 4.69) is 23.9 Å². The van der Waals surface area contributed by atoms with E-state index in [1.807, 2.05) is 24.5 Å². The van der Waals surface area contributed by atoms with Crippen molar-refractivity contribution in [1.82, 2.24) is 4.98 Å². The van der Waals surface area contributed by atoms with E-state index in [1.165, 1.54) is 5.69 Å². The molecular formula is C8H12N2. The summed E-state index contributed by atoms with van der Waals surface area (Å²) in [5, 5.41) is 0. The van der Waals surface area contributed by atoms with Crippen LogP contribution in [-0.4, -0.2) is 18.6 Å². The number of rotatable bonds is 2. The van der Waals surface area contributed by atoms with Crippen LogP contribution in [0.3, 0.4) is 0 Å². The highest BCUT2D eigenvalue weighted by atomic mass is 15.1. The second-order valence-corrected chi connectivity index (χ2v) is 2.22. The van der Waals surface area contributed by atoms with Gasteiger partial charge in [-0.2, -0.15) is 0 Å². The predicted octanol–water partition coefficient (Wildman–Crippen LogP) is 1.54. The molecule has 0 spiro atoms. The highest BCUT2D eigenvalue weighted by molar-refractivity contribution is 5.43. The van der Waals surface area contributed by atoms with Crippen molar-refractivity contribution in [1.29, 1.82) is 0 Å². The van der Waals surface area contributed by atoms with Crippen LogP contribution >= 0.6 is 0 Å². The Morgan fingerprint density at radius 3 is 2.50 bits per heavy atom. The lowest BCUT2D eigenvalue weighted by Gasteiger charge is -2.15. The maximum absolute atomic E-state index is 3.94. The molecule has 0 fully saturated rings. The Balaban J connectivity index is 2.75. The first-order chi connectivity index (χ1) is 4.84. The summed E-state index contributed by atoms with van der Waals surface area (Å²) in [6, 6.07) is 4.01. The molecule has 2 heteroatoms. The minimum Gasteiger partial charge on any atom is -0.375 e. The van der Waals surface area contributed by atoms with Gasteiger partial charge in [0.25, 0.3) is 0 Å². The molecule has 1 aromatic rings. The van der Waals surface area contributed by atoms with Crippen molar-refractivity contribution in [3.8, 4) is 0 Å². The van der Waals surface area contributed by atoms with E-state index in [9.17, 15) is 0 Å². The van der Waals surface area contributed by atoms with Gasteiger partial charge in [0.05, 0.1) is 0 Å². The van der Waals surface area contributed by atoms with Gasteiger partial charge in [-0.25, -0.2) is 0 Å². The molecule has 54 valence electrons. The summed E-state index contributed by atoms with van der Waals surface area (Å²) in [4.78, 5) is 6.10. The summed E-state index contributed by atoms with van der Waals surface area (Å²) in [6.07, 6.45) is 3.61.